The van der Waals surface area contributed by atoms with Gasteiger partial charge in [0.1, 0.15) is 5.82 Å². The maximum absolute atomic E-state index is 13.9. The molecule has 3 nitrogen and oxygen atoms in total. The summed E-state index contributed by atoms with van der Waals surface area (Å²) in [5, 5.41) is 2.57. The monoisotopic (exact) mass is 236 g/mol. The van der Waals surface area contributed by atoms with Crippen LogP contribution in [0.5, 0.6) is 0 Å². The predicted octanol–water partition coefficient (Wildman–Crippen LogP) is 2.37. The highest BCUT2D eigenvalue weighted by molar-refractivity contribution is 5.94. The van der Waals surface area contributed by atoms with E-state index in [1.54, 1.807) is 0 Å². The third-order valence-electron chi connectivity index (χ3n) is 3.18. The molecule has 1 aliphatic rings. The Kier molecular flexibility index (Phi) is 3.15. The first kappa shape index (κ1) is 12.0. The van der Waals surface area contributed by atoms with Gasteiger partial charge < -0.3 is 11.1 Å². The normalized spacial score (nSPS) is 16.6. The number of benzene rings is 1. The van der Waals surface area contributed by atoms with Gasteiger partial charge in [0, 0.05) is 12.5 Å². The van der Waals surface area contributed by atoms with E-state index in [2.05, 4.69) is 5.32 Å². The molecule has 0 spiro atoms. The molecule has 1 aromatic carbocycles. The standard InChI is InChI=1S/C13H17FN2O/c1-7(2)12(15)9-5-8-3-4-11(17)16-13(8)10(14)6-9/h5-7,12H,3-4,15H2,1-2H3,(H,16,17). The number of nitrogens with one attached hydrogen (secondary N) is 1. The second-order valence-electron chi connectivity index (χ2n) is 4.85. The van der Waals surface area contributed by atoms with E-state index in [-0.39, 0.29) is 23.7 Å². The highest BCUT2D eigenvalue weighted by Crippen LogP contribution is 2.30. The molecule has 0 fully saturated rings. The number of hydrogen-bond donors (Lipinski definition) is 2. The van der Waals surface area contributed by atoms with Crippen molar-refractivity contribution in [3.63, 3.8) is 0 Å². The van der Waals surface area contributed by atoms with E-state index in [0.29, 0.717) is 18.5 Å². The van der Waals surface area contributed by atoms with E-state index < -0.39 is 0 Å². The van der Waals surface area contributed by atoms with Gasteiger partial charge in [0.2, 0.25) is 5.91 Å². The molecule has 17 heavy (non-hydrogen) atoms. The zero-order valence-corrected chi connectivity index (χ0v) is 10.1. The Morgan fingerprint density at radius 1 is 1.35 bits per heavy atom. The summed E-state index contributed by atoms with van der Waals surface area (Å²) in [7, 11) is 0. The fraction of sp³-hybridized carbons (Fsp3) is 0.462. The number of hydrogen-bond acceptors (Lipinski definition) is 2. The maximum Gasteiger partial charge on any atom is 0.224 e. The van der Waals surface area contributed by atoms with Gasteiger partial charge in [-0.1, -0.05) is 19.9 Å². The Balaban J connectivity index is 2.41. The molecular formula is C13H17FN2O. The summed E-state index contributed by atoms with van der Waals surface area (Å²) in [6.07, 6.45) is 0.990. The minimum atomic E-state index is -0.387. The quantitative estimate of drug-likeness (QED) is 0.828. The first-order valence-corrected chi connectivity index (χ1v) is 5.86. The van der Waals surface area contributed by atoms with Crippen molar-refractivity contribution in [1.82, 2.24) is 0 Å². The number of nitrogens with two attached hydrogens (primary N) is 1. The molecule has 2 rings (SSSR count). The molecule has 1 aromatic rings. The van der Waals surface area contributed by atoms with E-state index in [1.165, 1.54) is 6.07 Å². The van der Waals surface area contributed by atoms with Gasteiger partial charge >= 0.3 is 0 Å². The number of aryl methyl sites for hydroxylation is 1. The smallest absolute Gasteiger partial charge is 0.224 e. The molecule has 0 aromatic heterocycles. The van der Waals surface area contributed by atoms with Gasteiger partial charge in [0.05, 0.1) is 5.69 Å². The molecule has 1 aliphatic heterocycles. The molecular weight excluding hydrogens is 219 g/mol. The summed E-state index contributed by atoms with van der Waals surface area (Å²) in [6.45, 7) is 4.01. The fourth-order valence-electron chi connectivity index (χ4n) is 2.05. The summed E-state index contributed by atoms with van der Waals surface area (Å²) >= 11 is 0. The van der Waals surface area contributed by atoms with E-state index in [4.69, 9.17) is 5.73 Å². The average Bonchev–Trinajstić information content (AvgIpc) is 2.28. The lowest BCUT2D eigenvalue weighted by molar-refractivity contribution is -0.116. The molecule has 3 N–H and O–H groups in total. The Bertz CT molecular complexity index is 457. The number of amides is 1. The maximum atomic E-state index is 13.9. The fourth-order valence-corrected chi connectivity index (χ4v) is 2.05. The summed E-state index contributed by atoms with van der Waals surface area (Å²) in [6, 6.07) is 3.16. The third kappa shape index (κ3) is 2.31. The molecule has 1 unspecified atom stereocenters. The number of carbonyl (C=O) groups is 1. The molecule has 1 amide bonds. The van der Waals surface area contributed by atoms with Crippen molar-refractivity contribution in [2.75, 3.05) is 5.32 Å². The first-order chi connectivity index (χ1) is 7.99. The van der Waals surface area contributed by atoms with Gasteiger partial charge in [-0.3, -0.25) is 4.79 Å². The Morgan fingerprint density at radius 3 is 2.71 bits per heavy atom. The minimum absolute atomic E-state index is 0.127. The van der Waals surface area contributed by atoms with E-state index in [0.717, 1.165) is 11.1 Å². The molecule has 92 valence electrons. The lowest BCUT2D eigenvalue weighted by atomic mass is 9.92. The molecule has 4 heteroatoms. The summed E-state index contributed by atoms with van der Waals surface area (Å²) in [5.74, 6) is -0.260. The van der Waals surface area contributed by atoms with Crippen molar-refractivity contribution in [3.8, 4) is 0 Å². The van der Waals surface area contributed by atoms with E-state index in [1.807, 2.05) is 19.9 Å². The highest BCUT2D eigenvalue weighted by atomic mass is 19.1. The van der Waals surface area contributed by atoms with Gasteiger partial charge in [-0.2, -0.15) is 0 Å². The number of fused-ring (bicyclic) bond motifs is 1. The van der Waals surface area contributed by atoms with Gasteiger partial charge in [-0.05, 0) is 29.5 Å². The van der Waals surface area contributed by atoms with Crippen LogP contribution >= 0.6 is 0 Å². The van der Waals surface area contributed by atoms with Crippen molar-refractivity contribution in [2.24, 2.45) is 11.7 Å². The van der Waals surface area contributed by atoms with Crippen LogP contribution < -0.4 is 11.1 Å². The zero-order valence-electron chi connectivity index (χ0n) is 10.1. The van der Waals surface area contributed by atoms with Crippen LogP contribution in [0.3, 0.4) is 0 Å². The Hall–Kier alpha value is -1.42. The number of rotatable bonds is 2. The van der Waals surface area contributed by atoms with Gasteiger partial charge in [0.25, 0.3) is 0 Å². The van der Waals surface area contributed by atoms with E-state index >= 15 is 0 Å². The molecule has 0 radical (unpaired) electrons. The van der Waals surface area contributed by atoms with E-state index in [9.17, 15) is 9.18 Å². The molecule has 0 saturated heterocycles. The lowest BCUT2D eigenvalue weighted by Gasteiger charge is -2.22. The minimum Gasteiger partial charge on any atom is -0.324 e. The molecule has 1 atom stereocenters. The Morgan fingerprint density at radius 2 is 2.06 bits per heavy atom. The van der Waals surface area contributed by atoms with Crippen LogP contribution in [0.2, 0.25) is 0 Å². The van der Waals surface area contributed by atoms with Crippen LogP contribution in [0.15, 0.2) is 12.1 Å². The first-order valence-electron chi connectivity index (χ1n) is 5.86. The van der Waals surface area contributed by atoms with Crippen LogP contribution in [-0.2, 0) is 11.2 Å². The molecule has 0 aliphatic carbocycles. The second kappa shape index (κ2) is 4.45. The largest absolute Gasteiger partial charge is 0.324 e. The van der Waals surface area contributed by atoms with Crippen molar-refractivity contribution < 1.29 is 9.18 Å². The van der Waals surface area contributed by atoms with Crippen LogP contribution in [0, 0.1) is 11.7 Å². The van der Waals surface area contributed by atoms with Crippen molar-refractivity contribution in [2.45, 2.75) is 32.7 Å². The van der Waals surface area contributed by atoms with Gasteiger partial charge in [-0.25, -0.2) is 4.39 Å². The van der Waals surface area contributed by atoms with Crippen LogP contribution in [0.1, 0.15) is 37.4 Å². The predicted molar refractivity (Wildman–Crippen MR) is 65.1 cm³/mol. The lowest BCUT2D eigenvalue weighted by Crippen LogP contribution is -2.22. The number of carbonyl (C=O) groups excluding carboxylic acids is 1. The summed E-state index contributed by atoms with van der Waals surface area (Å²) in [5.41, 5.74) is 7.98. The van der Waals surface area contributed by atoms with Crippen molar-refractivity contribution in [3.05, 3.63) is 29.1 Å². The number of anilines is 1. The van der Waals surface area contributed by atoms with Gasteiger partial charge in [0.15, 0.2) is 0 Å². The molecule has 0 bridgehead atoms. The van der Waals surface area contributed by atoms with Gasteiger partial charge in [-0.15, -0.1) is 0 Å². The summed E-state index contributed by atoms with van der Waals surface area (Å²) in [4.78, 5) is 11.2. The highest BCUT2D eigenvalue weighted by Gasteiger charge is 2.21. The Labute approximate surface area is 100 Å². The number of halogens is 1. The van der Waals surface area contributed by atoms with Crippen LogP contribution in [0.4, 0.5) is 10.1 Å². The van der Waals surface area contributed by atoms with Crippen molar-refractivity contribution >= 4 is 11.6 Å². The zero-order chi connectivity index (χ0) is 12.6. The van der Waals surface area contributed by atoms with Crippen LogP contribution in [-0.4, -0.2) is 5.91 Å². The summed E-state index contributed by atoms with van der Waals surface area (Å²) < 4.78 is 13.9. The average molecular weight is 236 g/mol. The second-order valence-corrected chi connectivity index (χ2v) is 4.85. The van der Waals surface area contributed by atoms with Crippen molar-refractivity contribution in [1.29, 1.82) is 0 Å². The van der Waals surface area contributed by atoms with Crippen LogP contribution in [0.25, 0.3) is 0 Å². The SMILES string of the molecule is CC(C)C(N)c1cc(F)c2c(c1)CCC(=O)N2. The third-order valence-corrected chi connectivity index (χ3v) is 3.18. The molecule has 0 saturated carbocycles. The topological polar surface area (TPSA) is 55.1 Å². The molecule has 1 heterocycles.